The molecule has 2 rings (SSSR count). The predicted molar refractivity (Wildman–Crippen MR) is 114 cm³/mol. The Kier molecular flexibility index (Phi) is 6.73. The van der Waals surface area contributed by atoms with Gasteiger partial charge in [-0.25, -0.2) is 0 Å². The Morgan fingerprint density at radius 3 is 2.74 bits per heavy atom. The number of ketones is 1. The molecule has 0 bridgehead atoms. The molecule has 4 nitrogen and oxygen atoms in total. The van der Waals surface area contributed by atoms with Crippen molar-refractivity contribution in [2.24, 2.45) is 22.7 Å². The monoisotopic (exact) mass is 490 g/mol. The number of hydrogen-bond acceptors (Lipinski definition) is 5. The molecule has 0 aromatic heterocycles. The number of allylic oxidation sites excluding steroid dienone is 6. The van der Waals surface area contributed by atoms with E-state index in [4.69, 9.17) is 0 Å². The average molecular weight is 490 g/mol. The van der Waals surface area contributed by atoms with Gasteiger partial charge in [-0.3, -0.25) is 4.79 Å². The van der Waals surface area contributed by atoms with Crippen molar-refractivity contribution in [3.05, 3.63) is 34.9 Å². The highest BCUT2D eigenvalue weighted by molar-refractivity contribution is 14.2. The number of nitriles is 2. The molecule has 0 N–H and O–H groups in total. The third-order valence-corrected chi connectivity index (χ3v) is 6.43. The van der Waals surface area contributed by atoms with Crippen molar-refractivity contribution in [1.29, 1.82) is 10.5 Å². The summed E-state index contributed by atoms with van der Waals surface area (Å²) in [6.07, 6.45) is 7.30. The van der Waals surface area contributed by atoms with Crippen molar-refractivity contribution in [3.63, 3.8) is 0 Å². The van der Waals surface area contributed by atoms with E-state index in [2.05, 4.69) is 38.4 Å². The minimum Gasteiger partial charge on any atom is -0.303 e. The highest BCUT2D eigenvalue weighted by Crippen LogP contribution is 2.58. The van der Waals surface area contributed by atoms with Crippen LogP contribution in [0.3, 0.4) is 0 Å². The van der Waals surface area contributed by atoms with Crippen molar-refractivity contribution in [2.75, 3.05) is 0 Å². The number of fused-ring (bicyclic) bond motifs is 1. The van der Waals surface area contributed by atoms with Gasteiger partial charge in [-0.1, -0.05) is 25.8 Å². The Hall–Kier alpha value is -1.82. The highest BCUT2D eigenvalue weighted by atomic mass is 127. The second-order valence-corrected chi connectivity index (χ2v) is 8.91. The van der Waals surface area contributed by atoms with Crippen molar-refractivity contribution in [2.45, 2.75) is 33.6 Å². The summed E-state index contributed by atoms with van der Waals surface area (Å²) < 4.78 is 0. The number of hydrogen-bond donors (Lipinski definition) is 0. The molecule has 0 saturated heterocycles. The van der Waals surface area contributed by atoms with Crippen LogP contribution in [-0.2, 0) is 9.59 Å². The lowest BCUT2D eigenvalue weighted by Gasteiger charge is -2.51. The lowest BCUT2D eigenvalue weighted by Crippen LogP contribution is -2.46. The van der Waals surface area contributed by atoms with Crippen LogP contribution in [0, 0.1) is 56.5 Å². The molecule has 2 aliphatic carbocycles. The minimum absolute atomic E-state index is 0.0587. The SMILES string of the molecule is C/C(C#N)=C\C1(C)C2=CC(=O)C(C#N)=CC2(C#CSI)CCC1C(C)C=O. The smallest absolute Gasteiger partial charge is 0.196 e. The van der Waals surface area contributed by atoms with Crippen molar-refractivity contribution in [3.8, 4) is 23.3 Å². The maximum absolute atomic E-state index is 12.5. The fraction of sp³-hybridized carbons (Fsp3) is 0.429. The third-order valence-electron chi connectivity index (χ3n) is 5.59. The quantitative estimate of drug-likeness (QED) is 0.248. The molecule has 0 aromatic rings. The fourth-order valence-corrected chi connectivity index (χ4v) is 4.94. The molecule has 1 saturated carbocycles. The maximum Gasteiger partial charge on any atom is 0.196 e. The topological polar surface area (TPSA) is 81.7 Å². The summed E-state index contributed by atoms with van der Waals surface area (Å²) in [6.45, 7) is 5.56. The van der Waals surface area contributed by atoms with E-state index in [0.717, 1.165) is 11.9 Å². The van der Waals surface area contributed by atoms with Gasteiger partial charge in [-0.15, -0.1) is 0 Å². The van der Waals surface area contributed by atoms with Crippen LogP contribution in [0.15, 0.2) is 34.9 Å². The van der Waals surface area contributed by atoms with Crippen LogP contribution in [0.5, 0.6) is 0 Å². The Morgan fingerprint density at radius 1 is 1.48 bits per heavy atom. The van der Waals surface area contributed by atoms with Gasteiger partial charge in [0.05, 0.1) is 17.1 Å². The van der Waals surface area contributed by atoms with Crippen LogP contribution >= 0.6 is 30.1 Å². The number of rotatable bonds is 3. The van der Waals surface area contributed by atoms with Crippen LogP contribution in [0.4, 0.5) is 0 Å². The molecule has 0 spiro atoms. The Labute approximate surface area is 176 Å². The van der Waals surface area contributed by atoms with Crippen LogP contribution < -0.4 is 0 Å². The molecule has 0 aromatic carbocycles. The summed E-state index contributed by atoms with van der Waals surface area (Å²) in [5, 5.41) is 21.7. The first-order chi connectivity index (χ1) is 12.8. The number of aldehydes is 1. The Balaban J connectivity index is 2.80. The van der Waals surface area contributed by atoms with E-state index in [1.165, 1.54) is 15.0 Å². The second-order valence-electron chi connectivity index (χ2n) is 7.23. The van der Waals surface area contributed by atoms with Gasteiger partial charge in [0.1, 0.15) is 12.4 Å². The molecule has 4 unspecified atom stereocenters. The molecule has 0 amide bonds. The van der Waals surface area contributed by atoms with Gasteiger partial charge in [0.15, 0.2) is 5.78 Å². The third kappa shape index (κ3) is 3.91. The van der Waals surface area contributed by atoms with Gasteiger partial charge in [-0.05, 0) is 57.6 Å². The Bertz CT molecular complexity index is 909. The van der Waals surface area contributed by atoms with E-state index >= 15 is 0 Å². The van der Waals surface area contributed by atoms with Gasteiger partial charge >= 0.3 is 0 Å². The van der Waals surface area contributed by atoms with E-state index in [1.807, 2.05) is 26.0 Å². The lowest BCUT2D eigenvalue weighted by atomic mass is 9.51. The number of carbonyl (C=O) groups excluding carboxylic acids is 2. The number of halogens is 1. The van der Waals surface area contributed by atoms with Gasteiger partial charge in [0.2, 0.25) is 0 Å². The molecule has 1 fully saturated rings. The largest absolute Gasteiger partial charge is 0.303 e. The van der Waals surface area contributed by atoms with Crippen LogP contribution in [0.1, 0.15) is 33.6 Å². The van der Waals surface area contributed by atoms with Crippen LogP contribution in [0.2, 0.25) is 0 Å². The van der Waals surface area contributed by atoms with Gasteiger partial charge < -0.3 is 4.79 Å². The minimum atomic E-state index is -0.739. The Morgan fingerprint density at radius 2 is 2.19 bits per heavy atom. The summed E-state index contributed by atoms with van der Waals surface area (Å²) in [4.78, 5) is 24.1. The summed E-state index contributed by atoms with van der Waals surface area (Å²) in [7, 11) is 1.35. The number of nitrogens with zero attached hydrogens (tertiary/aromatic N) is 2. The molecule has 0 radical (unpaired) electrons. The average Bonchev–Trinajstić information content (AvgIpc) is 2.66. The zero-order valence-electron chi connectivity index (χ0n) is 15.4. The summed E-state index contributed by atoms with van der Waals surface area (Å²) >= 11 is 2.09. The van der Waals surface area contributed by atoms with Gasteiger partial charge in [0.25, 0.3) is 0 Å². The molecule has 138 valence electrons. The fourth-order valence-electron chi connectivity index (χ4n) is 4.39. The van der Waals surface area contributed by atoms with E-state index in [1.54, 1.807) is 13.0 Å². The van der Waals surface area contributed by atoms with Gasteiger partial charge in [-0.2, -0.15) is 10.5 Å². The first-order valence-corrected chi connectivity index (χ1v) is 11.9. The van der Waals surface area contributed by atoms with Crippen molar-refractivity contribution < 1.29 is 9.59 Å². The highest BCUT2D eigenvalue weighted by Gasteiger charge is 2.52. The van der Waals surface area contributed by atoms with E-state index in [0.29, 0.717) is 18.4 Å². The summed E-state index contributed by atoms with van der Waals surface area (Å²) in [5.74, 6) is 2.61. The summed E-state index contributed by atoms with van der Waals surface area (Å²) in [6, 6.07) is 4.13. The zero-order valence-corrected chi connectivity index (χ0v) is 18.3. The molecular formula is C21H19IN2O2S. The molecule has 0 heterocycles. The molecule has 2 aliphatic rings. The number of carbonyl (C=O) groups is 2. The first-order valence-electron chi connectivity index (χ1n) is 8.52. The zero-order chi connectivity index (χ0) is 20.2. The predicted octanol–water partition coefficient (Wildman–Crippen LogP) is 4.70. The van der Waals surface area contributed by atoms with E-state index < -0.39 is 10.8 Å². The standard InChI is InChI=1S/C21H19IN2O2S/c1-14(11-23)9-20(3)17(15(2)13-25)4-5-21(6-7-27-22)10-16(12-24)18(26)8-19(20)21/h8-10,13,15,17H,4-5H2,1-3H3/b14-9+. The molecule has 27 heavy (non-hydrogen) atoms. The van der Waals surface area contributed by atoms with Crippen molar-refractivity contribution >= 4 is 42.2 Å². The maximum atomic E-state index is 12.5. The normalized spacial score (nSPS) is 31.1. The van der Waals surface area contributed by atoms with E-state index in [9.17, 15) is 20.1 Å². The summed E-state index contributed by atoms with van der Waals surface area (Å²) in [5.41, 5.74) is -0.0304. The molecular weight excluding hydrogens is 471 g/mol. The van der Waals surface area contributed by atoms with Crippen molar-refractivity contribution in [1.82, 2.24) is 0 Å². The van der Waals surface area contributed by atoms with Crippen LogP contribution in [-0.4, -0.2) is 12.1 Å². The molecule has 4 atom stereocenters. The molecule has 6 heteroatoms. The van der Waals surface area contributed by atoms with E-state index in [-0.39, 0.29) is 23.2 Å². The van der Waals surface area contributed by atoms with Crippen LogP contribution in [0.25, 0.3) is 0 Å². The second kappa shape index (κ2) is 8.46. The first kappa shape index (κ1) is 21.5. The van der Waals surface area contributed by atoms with Gasteiger partial charge in [0, 0.05) is 38.1 Å². The lowest BCUT2D eigenvalue weighted by molar-refractivity contribution is -0.113. The molecule has 0 aliphatic heterocycles.